The number of carbonyl (C=O) groups excluding carboxylic acids is 2. The molecule has 11 heteroatoms. The number of carboxylic acids is 2. The van der Waals surface area contributed by atoms with Crippen LogP contribution in [0.4, 0.5) is 5.69 Å². The highest BCUT2D eigenvalue weighted by Gasteiger charge is 2.08. The van der Waals surface area contributed by atoms with E-state index < -0.39 is 18.0 Å². The predicted molar refractivity (Wildman–Crippen MR) is 129 cm³/mol. The fourth-order valence-corrected chi connectivity index (χ4v) is 2.23. The molecule has 2 aromatic carbocycles. The average Bonchev–Trinajstić information content (AvgIpc) is 2.78. The lowest BCUT2D eigenvalue weighted by Crippen LogP contribution is -2.30. The van der Waals surface area contributed by atoms with E-state index in [2.05, 4.69) is 5.32 Å². The number of nitrogens with one attached hydrogen (secondary N) is 1. The van der Waals surface area contributed by atoms with E-state index in [-0.39, 0.29) is 18.5 Å². The van der Waals surface area contributed by atoms with Crippen LogP contribution in [0.1, 0.15) is 35.7 Å². The molecule has 0 radical (unpaired) electrons. The number of hydrogen-bond donors (Lipinski definition) is 6. The highest BCUT2D eigenvalue weighted by Crippen LogP contribution is 2.11. The highest BCUT2D eigenvalue weighted by molar-refractivity contribution is 5.89. The number of carbonyl (C=O) groups is 4. The van der Waals surface area contributed by atoms with Gasteiger partial charge in [0.1, 0.15) is 18.1 Å². The Labute approximate surface area is 198 Å². The third-order valence-electron chi connectivity index (χ3n) is 3.92. The van der Waals surface area contributed by atoms with Gasteiger partial charge in [-0.3, -0.25) is 19.2 Å². The van der Waals surface area contributed by atoms with Crippen LogP contribution in [0.2, 0.25) is 0 Å². The van der Waals surface area contributed by atoms with Gasteiger partial charge in [0.05, 0.1) is 13.5 Å². The number of aliphatic carboxylic acids is 2. The lowest BCUT2D eigenvalue weighted by atomic mass is 10.1. The molecule has 1 atom stereocenters. The minimum absolute atomic E-state index is 0. The maximum atomic E-state index is 10.6. The molecule has 0 aliphatic carbocycles. The summed E-state index contributed by atoms with van der Waals surface area (Å²) >= 11 is 0. The van der Waals surface area contributed by atoms with Crippen molar-refractivity contribution in [3.8, 4) is 5.75 Å². The van der Waals surface area contributed by atoms with Crippen molar-refractivity contribution in [3.63, 3.8) is 0 Å². The molecule has 188 valence electrons. The second kappa shape index (κ2) is 18.7. The number of aldehydes is 1. The first-order valence-electron chi connectivity index (χ1n) is 9.98. The topological polar surface area (TPSA) is 217 Å². The number of ether oxygens (including phenoxy) is 1. The fraction of sp³-hybridized carbons (Fsp3) is 0.304. The molecule has 0 spiro atoms. The lowest BCUT2D eigenvalue weighted by Gasteiger charge is -2.02. The Morgan fingerprint density at radius 3 is 2.00 bits per heavy atom. The Morgan fingerprint density at radius 1 is 1.06 bits per heavy atom. The molecular formula is C23H34N4O7. The molecule has 0 saturated carbocycles. The van der Waals surface area contributed by atoms with E-state index >= 15 is 0 Å². The number of methoxy groups -OCH3 is 1. The van der Waals surface area contributed by atoms with Crippen molar-refractivity contribution in [2.75, 3.05) is 19.0 Å². The number of hydrogen-bond acceptors (Lipinski definition) is 8. The molecule has 0 aliphatic rings. The van der Waals surface area contributed by atoms with Gasteiger partial charge in [-0.15, -0.1) is 0 Å². The van der Waals surface area contributed by atoms with E-state index in [0.29, 0.717) is 30.6 Å². The minimum atomic E-state index is -0.955. The summed E-state index contributed by atoms with van der Waals surface area (Å²) in [6.07, 6.45) is 1.96. The van der Waals surface area contributed by atoms with Crippen molar-refractivity contribution in [2.45, 2.75) is 32.2 Å². The monoisotopic (exact) mass is 478 g/mol. The van der Waals surface area contributed by atoms with Gasteiger partial charge in [0.2, 0.25) is 5.91 Å². The molecule has 0 aliphatic heterocycles. The Balaban J connectivity index is 0. The summed E-state index contributed by atoms with van der Waals surface area (Å²) in [4.78, 5) is 41.2. The molecule has 0 heterocycles. The van der Waals surface area contributed by atoms with Crippen LogP contribution in [0.15, 0.2) is 48.5 Å². The Hall–Kier alpha value is -3.80. The molecule has 2 aromatic rings. The zero-order chi connectivity index (χ0) is 25.2. The molecular weight excluding hydrogens is 444 g/mol. The zero-order valence-corrected chi connectivity index (χ0v) is 19.4. The number of benzene rings is 2. The quantitative estimate of drug-likeness (QED) is 0.288. The van der Waals surface area contributed by atoms with Crippen molar-refractivity contribution in [2.24, 2.45) is 11.5 Å². The van der Waals surface area contributed by atoms with E-state index in [1.54, 1.807) is 55.6 Å². The second-order valence-electron chi connectivity index (χ2n) is 6.72. The van der Waals surface area contributed by atoms with Crippen LogP contribution in [0.3, 0.4) is 0 Å². The number of nitrogens with two attached hydrogens (primary N) is 2. The van der Waals surface area contributed by atoms with Crippen LogP contribution < -0.4 is 27.7 Å². The Morgan fingerprint density at radius 2 is 1.62 bits per heavy atom. The lowest BCUT2D eigenvalue weighted by molar-refractivity contribution is -0.139. The van der Waals surface area contributed by atoms with Gasteiger partial charge in [-0.1, -0.05) is 12.1 Å². The molecule has 0 aromatic heterocycles. The number of amides is 1. The second-order valence-corrected chi connectivity index (χ2v) is 6.72. The van der Waals surface area contributed by atoms with E-state index in [1.807, 2.05) is 0 Å². The molecule has 34 heavy (non-hydrogen) atoms. The summed E-state index contributed by atoms with van der Waals surface area (Å²) in [5.74, 6) is -1.15. The first kappa shape index (κ1) is 32.4. The summed E-state index contributed by atoms with van der Waals surface area (Å²) in [5.41, 5.74) is 12.4. The SMILES string of the molecule is CC(=O)Nc1ccc(C=O)cc1.COc1ccc(CC(=O)O)cc1.N.NCCC[C@H](N)C(=O)O. The summed E-state index contributed by atoms with van der Waals surface area (Å²) in [6.45, 7) is 1.94. The summed E-state index contributed by atoms with van der Waals surface area (Å²) in [6, 6.07) is 12.9. The first-order valence-corrected chi connectivity index (χ1v) is 9.98. The van der Waals surface area contributed by atoms with E-state index in [4.69, 9.17) is 26.4 Å². The molecule has 0 fully saturated rings. The highest BCUT2D eigenvalue weighted by atomic mass is 16.5. The van der Waals surface area contributed by atoms with Crippen LogP contribution in [-0.2, 0) is 20.8 Å². The van der Waals surface area contributed by atoms with E-state index in [9.17, 15) is 19.2 Å². The maximum Gasteiger partial charge on any atom is 0.320 e. The van der Waals surface area contributed by atoms with Crippen LogP contribution in [0.25, 0.3) is 0 Å². The molecule has 2 rings (SSSR count). The van der Waals surface area contributed by atoms with Crippen molar-refractivity contribution >= 4 is 29.8 Å². The number of carboxylic acid groups (broad SMARTS) is 2. The zero-order valence-electron chi connectivity index (χ0n) is 19.4. The van der Waals surface area contributed by atoms with Gasteiger partial charge >= 0.3 is 11.9 Å². The van der Waals surface area contributed by atoms with Gasteiger partial charge in [-0.05, 0) is 61.3 Å². The van der Waals surface area contributed by atoms with Crippen molar-refractivity contribution in [1.29, 1.82) is 0 Å². The summed E-state index contributed by atoms with van der Waals surface area (Å²) in [7, 11) is 1.58. The van der Waals surface area contributed by atoms with Crippen LogP contribution in [-0.4, -0.2) is 54.0 Å². The Kier molecular flexibility index (Phi) is 17.8. The van der Waals surface area contributed by atoms with Gasteiger partial charge in [-0.2, -0.15) is 0 Å². The van der Waals surface area contributed by atoms with Gasteiger partial charge in [0.25, 0.3) is 0 Å². The molecule has 0 saturated heterocycles. The standard InChI is InChI=1S/C9H9NO2.C9H10O3.C5H12N2O2.H3N/c1-7(12)10-9-4-2-8(6-11)3-5-9;1-12-8-4-2-7(3-5-8)6-9(10)11;6-3-1-2-4(7)5(8)9;/h2-6H,1H3,(H,10,12);2-5H,6H2,1H3,(H,10,11);4H,1-3,6-7H2,(H,8,9);1H3/t;;4-;/m..0./s1. The van der Waals surface area contributed by atoms with Crippen LogP contribution in [0, 0.1) is 0 Å². The molecule has 11 nitrogen and oxygen atoms in total. The van der Waals surface area contributed by atoms with Crippen molar-refractivity contribution in [3.05, 3.63) is 59.7 Å². The first-order chi connectivity index (χ1) is 15.6. The predicted octanol–water partition coefficient (Wildman–Crippen LogP) is 2.08. The average molecular weight is 479 g/mol. The summed E-state index contributed by atoms with van der Waals surface area (Å²) in [5, 5.41) is 19.3. The van der Waals surface area contributed by atoms with Gasteiger partial charge in [0.15, 0.2) is 0 Å². The summed E-state index contributed by atoms with van der Waals surface area (Å²) < 4.78 is 4.93. The maximum absolute atomic E-state index is 10.6. The van der Waals surface area contributed by atoms with Crippen molar-refractivity contribution < 1.29 is 34.1 Å². The normalized spacial score (nSPS) is 10.0. The van der Waals surface area contributed by atoms with Gasteiger partial charge in [0, 0.05) is 18.2 Å². The minimum Gasteiger partial charge on any atom is -0.497 e. The number of anilines is 1. The third kappa shape index (κ3) is 15.9. The Bertz CT molecular complexity index is 872. The van der Waals surface area contributed by atoms with Crippen molar-refractivity contribution in [1.82, 2.24) is 6.15 Å². The molecule has 0 unspecified atom stereocenters. The number of rotatable bonds is 9. The van der Waals surface area contributed by atoms with Gasteiger partial charge < -0.3 is 37.9 Å². The van der Waals surface area contributed by atoms with Crippen LogP contribution >= 0.6 is 0 Å². The molecule has 10 N–H and O–H groups in total. The molecule has 0 bridgehead atoms. The van der Waals surface area contributed by atoms with E-state index in [1.165, 1.54) is 6.92 Å². The smallest absolute Gasteiger partial charge is 0.320 e. The van der Waals surface area contributed by atoms with E-state index in [0.717, 1.165) is 17.6 Å². The third-order valence-corrected chi connectivity index (χ3v) is 3.92. The van der Waals surface area contributed by atoms with Crippen LogP contribution in [0.5, 0.6) is 5.75 Å². The largest absolute Gasteiger partial charge is 0.497 e. The van der Waals surface area contributed by atoms with Gasteiger partial charge in [-0.25, -0.2) is 0 Å². The molecule has 1 amide bonds. The fourth-order valence-electron chi connectivity index (χ4n) is 2.23.